The summed E-state index contributed by atoms with van der Waals surface area (Å²) >= 11 is 0. The summed E-state index contributed by atoms with van der Waals surface area (Å²) in [5.74, 6) is 0. The van der Waals surface area contributed by atoms with E-state index in [-0.39, 0.29) is 0 Å². The first-order valence-electron chi connectivity index (χ1n) is 9.40. The molecule has 0 bridgehead atoms. The number of unbranched alkanes of at least 4 members (excludes halogenated alkanes) is 9. The van der Waals surface area contributed by atoms with Gasteiger partial charge in [-0.15, -0.1) is 0 Å². The molecule has 0 saturated carbocycles. The largest absolute Gasteiger partial charge is 0.378 e. The summed E-state index contributed by atoms with van der Waals surface area (Å²) in [6, 6.07) is 0. The molecular weight excluding hydrogens is 272 g/mol. The van der Waals surface area contributed by atoms with E-state index in [1.807, 2.05) is 18.7 Å². The van der Waals surface area contributed by atoms with E-state index in [0.717, 1.165) is 19.6 Å². The SMILES string of the molecule is CCCCCCCCCCCCOC(C)CCn1ccnc1. The average molecular weight is 309 g/mol. The molecule has 0 fully saturated rings. The highest BCUT2D eigenvalue weighted by atomic mass is 16.5. The van der Waals surface area contributed by atoms with Crippen molar-refractivity contribution in [3.8, 4) is 0 Å². The number of imidazole rings is 1. The van der Waals surface area contributed by atoms with Gasteiger partial charge in [0, 0.05) is 25.5 Å². The fourth-order valence-electron chi connectivity index (χ4n) is 2.71. The Bertz CT molecular complexity index is 324. The van der Waals surface area contributed by atoms with Gasteiger partial charge in [-0.25, -0.2) is 4.98 Å². The first-order chi connectivity index (χ1) is 10.8. The number of aryl methyl sites for hydroxylation is 1. The average Bonchev–Trinajstić information content (AvgIpc) is 3.04. The maximum absolute atomic E-state index is 5.88. The molecule has 22 heavy (non-hydrogen) atoms. The molecule has 128 valence electrons. The highest BCUT2D eigenvalue weighted by molar-refractivity contribution is 4.74. The minimum Gasteiger partial charge on any atom is -0.378 e. The Kier molecular flexibility index (Phi) is 12.1. The lowest BCUT2D eigenvalue weighted by molar-refractivity contribution is 0.0546. The van der Waals surface area contributed by atoms with Crippen molar-refractivity contribution in [2.75, 3.05) is 6.61 Å². The Balaban J connectivity index is 1.79. The van der Waals surface area contributed by atoms with Gasteiger partial charge in [0.25, 0.3) is 0 Å². The molecule has 1 rings (SSSR count). The summed E-state index contributed by atoms with van der Waals surface area (Å²) in [5.41, 5.74) is 0. The van der Waals surface area contributed by atoms with Crippen LogP contribution in [-0.4, -0.2) is 22.3 Å². The summed E-state index contributed by atoms with van der Waals surface area (Å²) in [6.07, 6.45) is 20.9. The molecule has 0 aliphatic heterocycles. The van der Waals surface area contributed by atoms with Crippen molar-refractivity contribution in [2.45, 2.75) is 97.1 Å². The molecule has 0 radical (unpaired) electrons. The van der Waals surface area contributed by atoms with Gasteiger partial charge in [-0.05, 0) is 19.8 Å². The third-order valence-corrected chi connectivity index (χ3v) is 4.25. The predicted octanol–water partition coefficient (Wildman–Crippen LogP) is 5.60. The number of nitrogens with zero attached hydrogens (tertiary/aromatic N) is 2. The van der Waals surface area contributed by atoms with Crippen molar-refractivity contribution in [3.63, 3.8) is 0 Å². The monoisotopic (exact) mass is 308 g/mol. The van der Waals surface area contributed by atoms with Gasteiger partial charge in [0.2, 0.25) is 0 Å². The van der Waals surface area contributed by atoms with Crippen LogP contribution < -0.4 is 0 Å². The highest BCUT2D eigenvalue weighted by Crippen LogP contribution is 2.11. The Morgan fingerprint density at radius 3 is 2.18 bits per heavy atom. The van der Waals surface area contributed by atoms with Gasteiger partial charge in [0.15, 0.2) is 0 Å². The lowest BCUT2D eigenvalue weighted by Gasteiger charge is -2.13. The first kappa shape index (κ1) is 19.2. The lowest BCUT2D eigenvalue weighted by Crippen LogP contribution is -2.12. The number of hydrogen-bond acceptors (Lipinski definition) is 2. The van der Waals surface area contributed by atoms with Crippen LogP contribution in [0.2, 0.25) is 0 Å². The van der Waals surface area contributed by atoms with E-state index < -0.39 is 0 Å². The first-order valence-corrected chi connectivity index (χ1v) is 9.40. The number of rotatable bonds is 15. The number of ether oxygens (including phenoxy) is 1. The van der Waals surface area contributed by atoms with Gasteiger partial charge in [0.1, 0.15) is 0 Å². The Morgan fingerprint density at radius 1 is 0.955 bits per heavy atom. The van der Waals surface area contributed by atoms with E-state index in [0.29, 0.717) is 6.10 Å². The molecule has 0 amide bonds. The molecule has 0 N–H and O–H groups in total. The Morgan fingerprint density at radius 2 is 1.59 bits per heavy atom. The molecule has 0 aliphatic rings. The summed E-state index contributed by atoms with van der Waals surface area (Å²) < 4.78 is 7.99. The van der Waals surface area contributed by atoms with Gasteiger partial charge >= 0.3 is 0 Å². The maximum Gasteiger partial charge on any atom is 0.0945 e. The van der Waals surface area contributed by atoms with Crippen LogP contribution in [-0.2, 0) is 11.3 Å². The van der Waals surface area contributed by atoms with Gasteiger partial charge < -0.3 is 9.30 Å². The van der Waals surface area contributed by atoms with Crippen LogP contribution in [0.25, 0.3) is 0 Å². The molecule has 1 unspecified atom stereocenters. The van der Waals surface area contributed by atoms with Crippen molar-refractivity contribution >= 4 is 0 Å². The van der Waals surface area contributed by atoms with E-state index in [9.17, 15) is 0 Å². The van der Waals surface area contributed by atoms with Crippen LogP contribution in [0.4, 0.5) is 0 Å². The zero-order chi connectivity index (χ0) is 15.9. The quantitative estimate of drug-likeness (QED) is 0.394. The van der Waals surface area contributed by atoms with Gasteiger partial charge in [-0.1, -0.05) is 64.7 Å². The molecule has 1 aromatic rings. The fraction of sp³-hybridized carbons (Fsp3) is 0.842. The van der Waals surface area contributed by atoms with E-state index >= 15 is 0 Å². The molecule has 0 aliphatic carbocycles. The normalized spacial score (nSPS) is 12.6. The Hall–Kier alpha value is -0.830. The van der Waals surface area contributed by atoms with Crippen molar-refractivity contribution in [1.82, 2.24) is 9.55 Å². The summed E-state index contributed by atoms with van der Waals surface area (Å²) in [6.45, 7) is 6.37. The van der Waals surface area contributed by atoms with E-state index in [4.69, 9.17) is 4.74 Å². The van der Waals surface area contributed by atoms with Gasteiger partial charge in [0.05, 0.1) is 12.4 Å². The van der Waals surface area contributed by atoms with Crippen LogP contribution in [0.5, 0.6) is 0 Å². The molecule has 1 aromatic heterocycles. The minimum absolute atomic E-state index is 0.348. The van der Waals surface area contributed by atoms with Crippen LogP contribution in [0.1, 0.15) is 84.5 Å². The fourth-order valence-corrected chi connectivity index (χ4v) is 2.71. The van der Waals surface area contributed by atoms with Crippen molar-refractivity contribution < 1.29 is 4.74 Å². The van der Waals surface area contributed by atoms with Crippen LogP contribution >= 0.6 is 0 Å². The predicted molar refractivity (Wildman–Crippen MR) is 94.1 cm³/mol. The topological polar surface area (TPSA) is 27.1 Å². The summed E-state index contributed by atoms with van der Waals surface area (Å²) in [4.78, 5) is 4.05. The molecule has 0 saturated heterocycles. The lowest BCUT2D eigenvalue weighted by atomic mass is 10.1. The maximum atomic E-state index is 5.88. The van der Waals surface area contributed by atoms with Crippen LogP contribution in [0.15, 0.2) is 18.7 Å². The molecule has 1 heterocycles. The van der Waals surface area contributed by atoms with E-state index in [1.54, 1.807) is 0 Å². The zero-order valence-corrected chi connectivity index (χ0v) is 14.8. The molecule has 1 atom stereocenters. The smallest absolute Gasteiger partial charge is 0.0945 e. The van der Waals surface area contributed by atoms with E-state index in [1.165, 1.54) is 64.2 Å². The highest BCUT2D eigenvalue weighted by Gasteiger charge is 2.02. The second-order valence-corrected chi connectivity index (χ2v) is 6.45. The minimum atomic E-state index is 0.348. The second kappa shape index (κ2) is 13.8. The third kappa shape index (κ3) is 10.8. The third-order valence-electron chi connectivity index (χ3n) is 4.25. The molecule has 3 heteroatoms. The zero-order valence-electron chi connectivity index (χ0n) is 14.8. The van der Waals surface area contributed by atoms with Gasteiger partial charge in [-0.2, -0.15) is 0 Å². The van der Waals surface area contributed by atoms with Crippen LogP contribution in [0, 0.1) is 0 Å². The molecule has 3 nitrogen and oxygen atoms in total. The van der Waals surface area contributed by atoms with Crippen molar-refractivity contribution in [3.05, 3.63) is 18.7 Å². The Labute approximate surface area is 137 Å². The molecular formula is C19H36N2O. The number of aromatic nitrogens is 2. The molecule has 0 aromatic carbocycles. The number of hydrogen-bond donors (Lipinski definition) is 0. The summed E-state index contributed by atoms with van der Waals surface area (Å²) in [5, 5.41) is 0. The summed E-state index contributed by atoms with van der Waals surface area (Å²) in [7, 11) is 0. The van der Waals surface area contributed by atoms with Crippen LogP contribution in [0.3, 0.4) is 0 Å². The van der Waals surface area contributed by atoms with E-state index in [2.05, 4.69) is 23.4 Å². The standard InChI is InChI=1S/C19H36N2O/c1-3-4-5-6-7-8-9-10-11-12-17-22-19(2)13-15-21-16-14-20-18-21/h14,16,18-19H,3-13,15,17H2,1-2H3. The van der Waals surface area contributed by atoms with Crippen molar-refractivity contribution in [2.24, 2.45) is 0 Å². The van der Waals surface area contributed by atoms with Gasteiger partial charge in [-0.3, -0.25) is 0 Å². The molecule has 0 spiro atoms. The second-order valence-electron chi connectivity index (χ2n) is 6.45. The van der Waals surface area contributed by atoms with Crippen molar-refractivity contribution in [1.29, 1.82) is 0 Å².